The molecule has 1 aliphatic rings. The normalized spacial score (nSPS) is 21.2. The number of carbonyl (C=O) groups excluding carboxylic acids is 1. The summed E-state index contributed by atoms with van der Waals surface area (Å²) in [6.07, 6.45) is 4.76. The SMILES string of the molecule is CC(=O)Nc1ncc(CN2CC(Cc3ccnc(C)c3)NC[C@@H]2C)s1. The number of nitrogens with zero attached hydrogens (tertiary/aromatic N) is 3. The highest BCUT2D eigenvalue weighted by Crippen LogP contribution is 2.22. The van der Waals surface area contributed by atoms with Crippen LogP contribution >= 0.6 is 11.3 Å². The molecule has 2 atom stereocenters. The Labute approximate surface area is 152 Å². The van der Waals surface area contributed by atoms with Crippen molar-refractivity contribution in [1.82, 2.24) is 20.2 Å². The number of nitrogens with one attached hydrogen (secondary N) is 2. The summed E-state index contributed by atoms with van der Waals surface area (Å²) in [6.45, 7) is 8.62. The second kappa shape index (κ2) is 8.03. The lowest BCUT2D eigenvalue weighted by atomic mass is 10.0. The van der Waals surface area contributed by atoms with Crippen LogP contribution in [-0.4, -0.2) is 45.9 Å². The van der Waals surface area contributed by atoms with Crippen LogP contribution in [0.25, 0.3) is 0 Å². The van der Waals surface area contributed by atoms with Crippen molar-refractivity contribution in [3.8, 4) is 0 Å². The van der Waals surface area contributed by atoms with Gasteiger partial charge in [0.05, 0.1) is 0 Å². The van der Waals surface area contributed by atoms with E-state index in [0.717, 1.165) is 31.7 Å². The lowest BCUT2D eigenvalue weighted by molar-refractivity contribution is -0.114. The molecule has 0 radical (unpaired) electrons. The number of thiazole rings is 1. The van der Waals surface area contributed by atoms with Gasteiger partial charge in [-0.25, -0.2) is 4.98 Å². The Balaban J connectivity index is 1.60. The van der Waals surface area contributed by atoms with Crippen molar-refractivity contribution in [2.75, 3.05) is 18.4 Å². The van der Waals surface area contributed by atoms with Gasteiger partial charge in [0.1, 0.15) is 0 Å². The molecule has 1 amide bonds. The summed E-state index contributed by atoms with van der Waals surface area (Å²) in [4.78, 5) is 23.4. The summed E-state index contributed by atoms with van der Waals surface area (Å²) in [6, 6.07) is 5.16. The van der Waals surface area contributed by atoms with Gasteiger partial charge in [-0.3, -0.25) is 14.7 Å². The first kappa shape index (κ1) is 18.0. The fourth-order valence-corrected chi connectivity index (χ4v) is 4.04. The summed E-state index contributed by atoms with van der Waals surface area (Å²) < 4.78 is 0. The molecular formula is C18H25N5OS. The van der Waals surface area contributed by atoms with Crippen LogP contribution in [0.15, 0.2) is 24.5 Å². The summed E-state index contributed by atoms with van der Waals surface area (Å²) in [5.41, 5.74) is 2.39. The highest BCUT2D eigenvalue weighted by Gasteiger charge is 2.25. The molecule has 0 aliphatic carbocycles. The molecule has 1 aliphatic heterocycles. The fraction of sp³-hybridized carbons (Fsp3) is 0.500. The van der Waals surface area contributed by atoms with E-state index in [4.69, 9.17) is 0 Å². The van der Waals surface area contributed by atoms with Gasteiger partial charge in [-0.05, 0) is 38.0 Å². The van der Waals surface area contributed by atoms with E-state index in [0.29, 0.717) is 17.2 Å². The van der Waals surface area contributed by atoms with Gasteiger partial charge < -0.3 is 10.6 Å². The Morgan fingerprint density at radius 3 is 3.08 bits per heavy atom. The Kier molecular flexibility index (Phi) is 5.78. The smallest absolute Gasteiger partial charge is 0.223 e. The van der Waals surface area contributed by atoms with Crippen molar-refractivity contribution in [2.45, 2.75) is 45.8 Å². The van der Waals surface area contributed by atoms with Gasteiger partial charge in [-0.1, -0.05) is 0 Å². The van der Waals surface area contributed by atoms with Crippen molar-refractivity contribution in [3.63, 3.8) is 0 Å². The molecule has 1 saturated heterocycles. The maximum atomic E-state index is 11.1. The monoisotopic (exact) mass is 359 g/mol. The highest BCUT2D eigenvalue weighted by atomic mass is 32.1. The van der Waals surface area contributed by atoms with E-state index in [9.17, 15) is 4.79 Å². The molecule has 1 unspecified atom stereocenters. The highest BCUT2D eigenvalue weighted by molar-refractivity contribution is 7.15. The first-order chi connectivity index (χ1) is 12.0. The number of rotatable bonds is 5. The van der Waals surface area contributed by atoms with Gasteiger partial charge in [-0.15, -0.1) is 11.3 Å². The zero-order valence-electron chi connectivity index (χ0n) is 15.0. The van der Waals surface area contributed by atoms with Crippen molar-refractivity contribution < 1.29 is 4.79 Å². The number of carbonyl (C=O) groups is 1. The van der Waals surface area contributed by atoms with Crippen LogP contribution in [0, 0.1) is 6.92 Å². The molecule has 3 heterocycles. The molecule has 1 fully saturated rings. The quantitative estimate of drug-likeness (QED) is 0.857. The van der Waals surface area contributed by atoms with Crippen LogP contribution in [0.1, 0.15) is 30.0 Å². The Hall–Kier alpha value is -1.83. The third-order valence-electron chi connectivity index (χ3n) is 4.42. The van der Waals surface area contributed by atoms with Crippen LogP contribution < -0.4 is 10.6 Å². The second-order valence-corrected chi connectivity index (χ2v) is 7.82. The Morgan fingerprint density at radius 2 is 2.32 bits per heavy atom. The molecule has 2 aromatic rings. The number of hydrogen-bond acceptors (Lipinski definition) is 6. The number of anilines is 1. The van der Waals surface area contributed by atoms with Gasteiger partial charge in [-0.2, -0.15) is 0 Å². The molecule has 0 aromatic carbocycles. The molecular weight excluding hydrogens is 334 g/mol. The topological polar surface area (TPSA) is 70.2 Å². The van der Waals surface area contributed by atoms with E-state index < -0.39 is 0 Å². The molecule has 6 nitrogen and oxygen atoms in total. The first-order valence-electron chi connectivity index (χ1n) is 8.61. The molecule has 0 spiro atoms. The van der Waals surface area contributed by atoms with Crippen molar-refractivity contribution >= 4 is 22.4 Å². The lowest BCUT2D eigenvalue weighted by Gasteiger charge is -2.38. The molecule has 25 heavy (non-hydrogen) atoms. The fourth-order valence-electron chi connectivity index (χ4n) is 3.16. The van der Waals surface area contributed by atoms with Gasteiger partial charge in [0, 0.05) is 61.6 Å². The van der Waals surface area contributed by atoms with E-state index in [1.807, 2.05) is 19.3 Å². The van der Waals surface area contributed by atoms with Gasteiger partial charge >= 0.3 is 0 Å². The van der Waals surface area contributed by atoms with E-state index >= 15 is 0 Å². The number of pyridine rings is 1. The number of aryl methyl sites for hydroxylation is 1. The lowest BCUT2D eigenvalue weighted by Crippen LogP contribution is -2.55. The maximum absolute atomic E-state index is 11.1. The second-order valence-electron chi connectivity index (χ2n) is 6.71. The van der Waals surface area contributed by atoms with Crippen LogP contribution in [0.5, 0.6) is 0 Å². The Bertz CT molecular complexity index is 732. The van der Waals surface area contributed by atoms with Crippen LogP contribution in [-0.2, 0) is 17.8 Å². The number of aromatic nitrogens is 2. The maximum Gasteiger partial charge on any atom is 0.223 e. The molecule has 7 heteroatoms. The van der Waals surface area contributed by atoms with E-state index in [1.54, 1.807) is 11.3 Å². The average Bonchev–Trinajstić information content (AvgIpc) is 2.97. The predicted octanol–water partition coefficient (Wildman–Crippen LogP) is 2.21. The summed E-state index contributed by atoms with van der Waals surface area (Å²) in [5.74, 6) is -0.0795. The van der Waals surface area contributed by atoms with Gasteiger partial charge in [0.15, 0.2) is 5.13 Å². The zero-order valence-corrected chi connectivity index (χ0v) is 15.8. The molecule has 2 N–H and O–H groups in total. The molecule has 2 aromatic heterocycles. The van der Waals surface area contributed by atoms with Crippen molar-refractivity contribution in [2.24, 2.45) is 0 Å². The summed E-state index contributed by atoms with van der Waals surface area (Å²) in [7, 11) is 0. The molecule has 3 rings (SSSR count). The third-order valence-corrected chi connectivity index (χ3v) is 5.32. The van der Waals surface area contributed by atoms with Gasteiger partial charge in [0.25, 0.3) is 0 Å². The standard InChI is InChI=1S/C18H25N5OS/c1-12-6-15(4-5-19-12)7-16-10-23(13(2)8-20-16)11-17-9-21-18(25-17)22-14(3)24/h4-6,9,13,16,20H,7-8,10-11H2,1-3H3,(H,21,22,24)/t13-,16?/m0/s1. The minimum Gasteiger partial charge on any atom is -0.311 e. The minimum absolute atomic E-state index is 0.0795. The molecule has 134 valence electrons. The Morgan fingerprint density at radius 1 is 1.48 bits per heavy atom. The van der Waals surface area contributed by atoms with E-state index in [2.05, 4.69) is 44.6 Å². The number of amides is 1. The number of piperazine rings is 1. The molecule has 0 bridgehead atoms. The predicted molar refractivity (Wildman–Crippen MR) is 101 cm³/mol. The van der Waals surface area contributed by atoms with Crippen molar-refractivity contribution in [1.29, 1.82) is 0 Å². The van der Waals surface area contributed by atoms with E-state index in [1.165, 1.54) is 17.4 Å². The van der Waals surface area contributed by atoms with Crippen LogP contribution in [0.2, 0.25) is 0 Å². The summed E-state index contributed by atoms with van der Waals surface area (Å²) in [5, 5.41) is 7.08. The summed E-state index contributed by atoms with van der Waals surface area (Å²) >= 11 is 1.55. The molecule has 0 saturated carbocycles. The minimum atomic E-state index is -0.0795. The van der Waals surface area contributed by atoms with Gasteiger partial charge in [0.2, 0.25) is 5.91 Å². The van der Waals surface area contributed by atoms with E-state index in [-0.39, 0.29) is 5.91 Å². The largest absolute Gasteiger partial charge is 0.311 e. The average molecular weight is 359 g/mol. The number of hydrogen-bond donors (Lipinski definition) is 2. The third kappa shape index (κ3) is 5.07. The van der Waals surface area contributed by atoms with Crippen LogP contribution in [0.4, 0.5) is 5.13 Å². The first-order valence-corrected chi connectivity index (χ1v) is 9.42. The van der Waals surface area contributed by atoms with Crippen molar-refractivity contribution in [3.05, 3.63) is 40.7 Å². The van der Waals surface area contributed by atoms with Crippen LogP contribution in [0.3, 0.4) is 0 Å². The zero-order chi connectivity index (χ0) is 17.8.